The Balaban J connectivity index is 1.72. The first-order chi connectivity index (χ1) is 12.6. The Kier molecular flexibility index (Phi) is 3.96. The average molecular weight is 351 g/mol. The zero-order valence-electron chi connectivity index (χ0n) is 14.3. The second-order valence-corrected chi connectivity index (χ2v) is 5.96. The molecule has 2 N–H and O–H groups in total. The third-order valence-electron chi connectivity index (χ3n) is 3.58. The third-order valence-corrected chi connectivity index (χ3v) is 3.58. The van der Waals surface area contributed by atoms with Crippen molar-refractivity contribution in [3.05, 3.63) is 42.3 Å². The normalized spacial score (nSPS) is 11.3. The summed E-state index contributed by atoms with van der Waals surface area (Å²) >= 11 is 0. The van der Waals surface area contributed by atoms with E-state index in [4.69, 9.17) is 14.9 Å². The first-order valence-electron chi connectivity index (χ1n) is 8.13. The van der Waals surface area contributed by atoms with Crippen LogP contribution in [0.3, 0.4) is 0 Å². The van der Waals surface area contributed by atoms with Crippen LogP contribution in [0.1, 0.15) is 19.5 Å². The van der Waals surface area contributed by atoms with E-state index in [9.17, 15) is 0 Å². The molecule has 0 bridgehead atoms. The van der Waals surface area contributed by atoms with Gasteiger partial charge >= 0.3 is 0 Å². The number of pyridine rings is 1. The number of aromatic nitrogens is 6. The summed E-state index contributed by atoms with van der Waals surface area (Å²) in [7, 11) is 0. The van der Waals surface area contributed by atoms with E-state index >= 15 is 0 Å². The second kappa shape index (κ2) is 6.43. The van der Waals surface area contributed by atoms with Crippen molar-refractivity contribution in [3.8, 4) is 17.3 Å². The average Bonchev–Trinajstić information content (AvgIpc) is 3.25. The molecule has 0 aliphatic heterocycles. The summed E-state index contributed by atoms with van der Waals surface area (Å²) in [5.74, 6) is 1.24. The van der Waals surface area contributed by atoms with Gasteiger partial charge in [-0.3, -0.25) is 0 Å². The molecule has 9 heteroatoms. The van der Waals surface area contributed by atoms with Crippen LogP contribution in [0.2, 0.25) is 0 Å². The maximum absolute atomic E-state index is 5.86. The highest BCUT2D eigenvalue weighted by Gasteiger charge is 2.17. The van der Waals surface area contributed by atoms with Crippen LogP contribution in [0.15, 0.2) is 41.0 Å². The number of hydrogen-bond donors (Lipinski definition) is 1. The quantitative estimate of drug-likeness (QED) is 0.582. The fourth-order valence-electron chi connectivity index (χ4n) is 2.57. The van der Waals surface area contributed by atoms with E-state index in [1.807, 2.05) is 32.0 Å². The van der Waals surface area contributed by atoms with Crippen LogP contribution in [0.5, 0.6) is 5.88 Å². The molecule has 0 fully saturated rings. The largest absolute Gasteiger partial charge is 0.475 e. The molecular formula is C17H17N7O2. The van der Waals surface area contributed by atoms with E-state index in [-0.39, 0.29) is 12.1 Å². The molecule has 0 spiro atoms. The first-order valence-corrected chi connectivity index (χ1v) is 8.13. The lowest BCUT2D eigenvalue weighted by atomic mass is 10.3. The highest BCUT2D eigenvalue weighted by Crippen LogP contribution is 2.25. The van der Waals surface area contributed by atoms with Gasteiger partial charge in [-0.2, -0.15) is 4.98 Å². The van der Waals surface area contributed by atoms with Crippen molar-refractivity contribution in [2.45, 2.75) is 26.5 Å². The minimum absolute atomic E-state index is 0.0494. The predicted octanol–water partition coefficient (Wildman–Crippen LogP) is 2.29. The number of nitrogens with zero attached hydrogens (tertiary/aromatic N) is 6. The zero-order chi connectivity index (χ0) is 18.1. The molecule has 4 aromatic rings. The van der Waals surface area contributed by atoms with Gasteiger partial charge in [0.15, 0.2) is 16.9 Å². The SMILES string of the molecule is CC(C)Oc1cccc(Cn2nnc3c(-c4ccco4)nc(N)nc32)n1. The maximum atomic E-state index is 5.86. The Morgan fingerprint density at radius 1 is 1.15 bits per heavy atom. The molecule has 9 nitrogen and oxygen atoms in total. The summed E-state index contributed by atoms with van der Waals surface area (Å²) in [6, 6.07) is 9.15. The summed E-state index contributed by atoms with van der Waals surface area (Å²) < 4.78 is 12.7. The lowest BCUT2D eigenvalue weighted by Crippen LogP contribution is -2.10. The van der Waals surface area contributed by atoms with Gasteiger partial charge in [0.2, 0.25) is 11.8 Å². The number of hydrogen-bond acceptors (Lipinski definition) is 8. The highest BCUT2D eigenvalue weighted by atomic mass is 16.5. The van der Waals surface area contributed by atoms with Gasteiger partial charge in [0.05, 0.1) is 24.6 Å². The fourth-order valence-corrected chi connectivity index (χ4v) is 2.57. The van der Waals surface area contributed by atoms with E-state index in [2.05, 4.69) is 25.3 Å². The number of fused-ring (bicyclic) bond motifs is 1. The predicted molar refractivity (Wildman–Crippen MR) is 94.3 cm³/mol. The van der Waals surface area contributed by atoms with Gasteiger partial charge in [0, 0.05) is 6.07 Å². The Morgan fingerprint density at radius 3 is 2.81 bits per heavy atom. The molecule has 4 aromatic heterocycles. The van der Waals surface area contributed by atoms with Gasteiger partial charge in [-0.15, -0.1) is 5.10 Å². The molecule has 0 amide bonds. The van der Waals surface area contributed by atoms with Crippen LogP contribution in [-0.4, -0.2) is 36.0 Å². The first kappa shape index (κ1) is 16.0. The lowest BCUT2D eigenvalue weighted by Gasteiger charge is -2.09. The number of rotatable bonds is 5. The van der Waals surface area contributed by atoms with Crippen LogP contribution < -0.4 is 10.5 Å². The van der Waals surface area contributed by atoms with Gasteiger partial charge in [0.1, 0.15) is 5.69 Å². The third kappa shape index (κ3) is 3.06. The smallest absolute Gasteiger partial charge is 0.222 e. The van der Waals surface area contributed by atoms with E-state index in [0.29, 0.717) is 35.0 Å². The number of anilines is 1. The van der Waals surface area contributed by atoms with Gasteiger partial charge < -0.3 is 14.9 Å². The molecule has 0 unspecified atom stereocenters. The van der Waals surface area contributed by atoms with Crippen molar-refractivity contribution >= 4 is 17.1 Å². The zero-order valence-corrected chi connectivity index (χ0v) is 14.3. The molecule has 4 heterocycles. The van der Waals surface area contributed by atoms with Gasteiger partial charge in [-0.25, -0.2) is 14.6 Å². The number of furan rings is 1. The molecule has 0 aliphatic carbocycles. The highest BCUT2D eigenvalue weighted by molar-refractivity contribution is 5.85. The Hall–Kier alpha value is -3.49. The molecule has 0 atom stereocenters. The van der Waals surface area contributed by atoms with E-state index in [1.54, 1.807) is 23.1 Å². The van der Waals surface area contributed by atoms with E-state index in [1.165, 1.54) is 0 Å². The van der Waals surface area contributed by atoms with Crippen LogP contribution in [-0.2, 0) is 6.54 Å². The molecule has 0 saturated heterocycles. The second-order valence-electron chi connectivity index (χ2n) is 5.96. The summed E-state index contributed by atoms with van der Waals surface area (Å²) in [5.41, 5.74) is 8.17. The van der Waals surface area contributed by atoms with Crippen LogP contribution >= 0.6 is 0 Å². The van der Waals surface area contributed by atoms with Gasteiger partial charge in [0.25, 0.3) is 0 Å². The van der Waals surface area contributed by atoms with E-state index in [0.717, 1.165) is 5.69 Å². The topological polar surface area (TPSA) is 118 Å². The lowest BCUT2D eigenvalue weighted by molar-refractivity contribution is 0.232. The van der Waals surface area contributed by atoms with Crippen LogP contribution in [0, 0.1) is 0 Å². The summed E-state index contributed by atoms with van der Waals surface area (Å²) in [5, 5.41) is 8.38. The fraction of sp³-hybridized carbons (Fsp3) is 0.235. The number of nitrogens with two attached hydrogens (primary N) is 1. The Morgan fingerprint density at radius 2 is 2.04 bits per heavy atom. The van der Waals surface area contributed by atoms with Crippen molar-refractivity contribution in [2.24, 2.45) is 0 Å². The summed E-state index contributed by atoms with van der Waals surface area (Å²) in [6.45, 7) is 4.28. The monoisotopic (exact) mass is 351 g/mol. The minimum atomic E-state index is 0.0494. The van der Waals surface area contributed by atoms with Crippen molar-refractivity contribution in [1.29, 1.82) is 0 Å². The maximum Gasteiger partial charge on any atom is 0.222 e. The van der Waals surface area contributed by atoms with Crippen molar-refractivity contribution < 1.29 is 9.15 Å². The molecule has 132 valence electrons. The van der Waals surface area contributed by atoms with Crippen LogP contribution in [0.25, 0.3) is 22.6 Å². The van der Waals surface area contributed by atoms with Crippen molar-refractivity contribution in [3.63, 3.8) is 0 Å². The summed E-state index contributed by atoms with van der Waals surface area (Å²) in [6.07, 6.45) is 1.61. The number of ether oxygens (including phenoxy) is 1. The molecule has 0 saturated carbocycles. The van der Waals surface area contributed by atoms with Crippen molar-refractivity contribution in [2.75, 3.05) is 5.73 Å². The molecular weight excluding hydrogens is 334 g/mol. The molecule has 0 aliphatic rings. The van der Waals surface area contributed by atoms with Crippen LogP contribution in [0.4, 0.5) is 5.95 Å². The Labute approximate surface area is 148 Å². The molecule has 26 heavy (non-hydrogen) atoms. The van der Waals surface area contributed by atoms with E-state index < -0.39 is 0 Å². The summed E-state index contributed by atoms with van der Waals surface area (Å²) in [4.78, 5) is 13.0. The molecule has 4 rings (SSSR count). The van der Waals surface area contributed by atoms with Crippen molar-refractivity contribution in [1.82, 2.24) is 29.9 Å². The molecule has 0 aromatic carbocycles. The van der Waals surface area contributed by atoms with Gasteiger partial charge in [-0.05, 0) is 32.0 Å². The van der Waals surface area contributed by atoms with Gasteiger partial charge in [-0.1, -0.05) is 11.3 Å². The Bertz CT molecular complexity index is 1040. The standard InChI is InChI=1S/C17H17N7O2/c1-10(2)26-13-7-3-5-11(19-13)9-24-16-15(22-23-24)14(20-17(18)21-16)12-6-4-8-25-12/h3-8,10H,9H2,1-2H3,(H2,18,20,21). The molecule has 0 radical (unpaired) electrons. The number of nitrogen functional groups attached to an aromatic ring is 1. The minimum Gasteiger partial charge on any atom is -0.475 e.